The third kappa shape index (κ3) is 1.10. The van der Waals surface area contributed by atoms with Crippen molar-refractivity contribution in [2.45, 2.75) is 0 Å². The SMILES string of the molecule is [O-]c1ccc(O)cc1F. The summed E-state index contributed by atoms with van der Waals surface area (Å²) in [5.41, 5.74) is 0. The Bertz CT molecular complexity index is 222. The van der Waals surface area contributed by atoms with Gasteiger partial charge in [0.25, 0.3) is 0 Å². The number of phenolic OH excluding ortho intramolecular Hbond substituents is 1. The van der Waals surface area contributed by atoms with Crippen LogP contribution >= 0.6 is 0 Å². The minimum Gasteiger partial charge on any atom is -0.870 e. The van der Waals surface area contributed by atoms with E-state index in [1.807, 2.05) is 0 Å². The Kier molecular flexibility index (Phi) is 1.26. The molecule has 0 fully saturated rings. The van der Waals surface area contributed by atoms with Gasteiger partial charge >= 0.3 is 0 Å². The van der Waals surface area contributed by atoms with Gasteiger partial charge < -0.3 is 10.2 Å². The van der Waals surface area contributed by atoms with Gasteiger partial charge in [0.1, 0.15) is 11.6 Å². The van der Waals surface area contributed by atoms with Crippen LogP contribution in [0.25, 0.3) is 0 Å². The van der Waals surface area contributed by atoms with Crippen LogP contribution in [0.5, 0.6) is 11.5 Å². The summed E-state index contributed by atoms with van der Waals surface area (Å²) in [4.78, 5) is 0. The average molecular weight is 127 g/mol. The molecule has 0 aromatic heterocycles. The van der Waals surface area contributed by atoms with Gasteiger partial charge in [0, 0.05) is 6.07 Å². The lowest BCUT2D eigenvalue weighted by molar-refractivity contribution is -0.272. The summed E-state index contributed by atoms with van der Waals surface area (Å²) >= 11 is 0. The van der Waals surface area contributed by atoms with Gasteiger partial charge in [-0.2, -0.15) is 0 Å². The van der Waals surface area contributed by atoms with Crippen molar-refractivity contribution in [2.75, 3.05) is 0 Å². The highest BCUT2D eigenvalue weighted by molar-refractivity contribution is 5.29. The number of rotatable bonds is 0. The van der Waals surface area contributed by atoms with E-state index in [1.165, 1.54) is 0 Å². The molecular weight excluding hydrogens is 123 g/mol. The molecule has 1 aromatic carbocycles. The van der Waals surface area contributed by atoms with Crippen LogP contribution in [0.4, 0.5) is 4.39 Å². The normalized spacial score (nSPS) is 9.44. The summed E-state index contributed by atoms with van der Waals surface area (Å²) in [7, 11) is 0. The molecular formula is C6H4FO2-. The van der Waals surface area contributed by atoms with Crippen molar-refractivity contribution >= 4 is 0 Å². The zero-order valence-corrected chi connectivity index (χ0v) is 4.47. The average Bonchev–Trinajstić information content (AvgIpc) is 1.80. The largest absolute Gasteiger partial charge is 0.870 e. The van der Waals surface area contributed by atoms with E-state index in [-0.39, 0.29) is 5.75 Å². The Hall–Kier alpha value is -1.25. The maximum atomic E-state index is 12.1. The summed E-state index contributed by atoms with van der Waals surface area (Å²) < 4.78 is 12.1. The molecule has 0 radical (unpaired) electrons. The van der Waals surface area contributed by atoms with Crippen molar-refractivity contribution in [2.24, 2.45) is 0 Å². The summed E-state index contributed by atoms with van der Waals surface area (Å²) in [6.45, 7) is 0. The highest BCUT2D eigenvalue weighted by Gasteiger charge is 1.90. The molecule has 3 heteroatoms. The second kappa shape index (κ2) is 1.93. The molecule has 0 bridgehead atoms. The first-order chi connectivity index (χ1) is 4.20. The van der Waals surface area contributed by atoms with Crippen LogP contribution in [-0.2, 0) is 0 Å². The summed E-state index contributed by atoms with van der Waals surface area (Å²) in [6, 6.07) is 2.90. The highest BCUT2D eigenvalue weighted by atomic mass is 19.1. The first-order valence-electron chi connectivity index (χ1n) is 2.35. The van der Waals surface area contributed by atoms with Gasteiger partial charge in [0.15, 0.2) is 0 Å². The Morgan fingerprint density at radius 2 is 2.11 bits per heavy atom. The van der Waals surface area contributed by atoms with Crippen LogP contribution < -0.4 is 5.11 Å². The van der Waals surface area contributed by atoms with E-state index in [1.54, 1.807) is 0 Å². The fourth-order valence-corrected chi connectivity index (χ4v) is 0.490. The molecule has 9 heavy (non-hydrogen) atoms. The van der Waals surface area contributed by atoms with Crippen LogP contribution in [-0.4, -0.2) is 5.11 Å². The number of halogens is 1. The number of hydrogen-bond donors (Lipinski definition) is 1. The predicted molar refractivity (Wildman–Crippen MR) is 27.5 cm³/mol. The molecule has 0 amide bonds. The molecule has 2 nitrogen and oxygen atoms in total. The first-order valence-corrected chi connectivity index (χ1v) is 2.35. The maximum absolute atomic E-state index is 12.1. The van der Waals surface area contributed by atoms with E-state index in [0.717, 1.165) is 18.2 Å². The zero-order chi connectivity index (χ0) is 6.85. The second-order valence-corrected chi connectivity index (χ2v) is 1.61. The third-order valence-corrected chi connectivity index (χ3v) is 0.915. The van der Waals surface area contributed by atoms with E-state index >= 15 is 0 Å². The van der Waals surface area contributed by atoms with Crippen LogP contribution in [0.2, 0.25) is 0 Å². The summed E-state index contributed by atoms with van der Waals surface area (Å²) in [5, 5.41) is 18.8. The topological polar surface area (TPSA) is 43.3 Å². The van der Waals surface area contributed by atoms with Crippen molar-refractivity contribution < 1.29 is 14.6 Å². The lowest BCUT2D eigenvalue weighted by Gasteiger charge is -2.04. The second-order valence-electron chi connectivity index (χ2n) is 1.61. The number of hydrogen-bond acceptors (Lipinski definition) is 2. The van der Waals surface area contributed by atoms with Gasteiger partial charge in [0.05, 0.1) is 0 Å². The smallest absolute Gasteiger partial charge is 0.119 e. The van der Waals surface area contributed by atoms with Crippen LogP contribution in [0.3, 0.4) is 0 Å². The van der Waals surface area contributed by atoms with Crippen molar-refractivity contribution in [1.82, 2.24) is 0 Å². The molecule has 0 saturated heterocycles. The molecule has 1 rings (SSSR count). The van der Waals surface area contributed by atoms with E-state index in [4.69, 9.17) is 5.11 Å². The quantitative estimate of drug-likeness (QED) is 0.554. The summed E-state index contributed by atoms with van der Waals surface area (Å²) in [6.07, 6.45) is 0. The van der Waals surface area contributed by atoms with Crippen LogP contribution in [0, 0.1) is 5.82 Å². The summed E-state index contributed by atoms with van der Waals surface area (Å²) in [5.74, 6) is -1.85. The Morgan fingerprint density at radius 1 is 1.44 bits per heavy atom. The van der Waals surface area contributed by atoms with Crippen LogP contribution in [0.1, 0.15) is 0 Å². The molecule has 0 aliphatic heterocycles. The van der Waals surface area contributed by atoms with E-state index < -0.39 is 11.6 Å². The molecule has 0 unspecified atom stereocenters. The maximum Gasteiger partial charge on any atom is 0.119 e. The molecule has 0 aliphatic carbocycles. The molecule has 1 aromatic rings. The Labute approximate surface area is 51.2 Å². The van der Waals surface area contributed by atoms with Gasteiger partial charge in [-0.1, -0.05) is 11.8 Å². The lowest BCUT2D eigenvalue weighted by Crippen LogP contribution is -1.92. The number of aromatic hydroxyl groups is 1. The van der Waals surface area contributed by atoms with Crippen molar-refractivity contribution in [1.29, 1.82) is 0 Å². The van der Waals surface area contributed by atoms with Crippen LogP contribution in [0.15, 0.2) is 18.2 Å². The van der Waals surface area contributed by atoms with Gasteiger partial charge in [-0.3, -0.25) is 0 Å². The predicted octanol–water partition coefficient (Wildman–Crippen LogP) is 0.605. The highest BCUT2D eigenvalue weighted by Crippen LogP contribution is 2.16. The van der Waals surface area contributed by atoms with Gasteiger partial charge in [-0.15, -0.1) is 0 Å². The molecule has 0 aliphatic rings. The molecule has 0 heterocycles. The van der Waals surface area contributed by atoms with Crippen molar-refractivity contribution in [3.8, 4) is 11.5 Å². The molecule has 1 N–H and O–H groups in total. The molecule has 0 saturated carbocycles. The van der Waals surface area contributed by atoms with E-state index in [9.17, 15) is 9.50 Å². The fourth-order valence-electron chi connectivity index (χ4n) is 0.490. The van der Waals surface area contributed by atoms with Gasteiger partial charge in [-0.05, 0) is 6.07 Å². The molecule has 0 atom stereocenters. The monoisotopic (exact) mass is 127 g/mol. The number of benzene rings is 1. The van der Waals surface area contributed by atoms with Crippen molar-refractivity contribution in [3.05, 3.63) is 24.0 Å². The Morgan fingerprint density at radius 3 is 2.56 bits per heavy atom. The zero-order valence-electron chi connectivity index (χ0n) is 4.47. The van der Waals surface area contributed by atoms with Gasteiger partial charge in [0.2, 0.25) is 0 Å². The standard InChI is InChI=1S/C6H5FO2/c7-5-3-4(8)1-2-6(5)9/h1-3,8-9H/p-1. The van der Waals surface area contributed by atoms with Gasteiger partial charge in [-0.25, -0.2) is 4.39 Å². The van der Waals surface area contributed by atoms with E-state index in [0.29, 0.717) is 0 Å². The third-order valence-electron chi connectivity index (χ3n) is 0.915. The fraction of sp³-hybridized carbons (Fsp3) is 0. The molecule has 48 valence electrons. The Balaban J connectivity index is 3.17. The van der Waals surface area contributed by atoms with E-state index in [2.05, 4.69) is 0 Å². The minimum absolute atomic E-state index is 0.230. The minimum atomic E-state index is -0.921. The number of phenols is 1. The lowest BCUT2D eigenvalue weighted by atomic mass is 10.3. The van der Waals surface area contributed by atoms with Crippen molar-refractivity contribution in [3.63, 3.8) is 0 Å². The molecule has 0 spiro atoms. The first kappa shape index (κ1) is 5.88.